The number of hydrogen-bond donors (Lipinski definition) is 1. The molecule has 6 nitrogen and oxygen atoms in total. The van der Waals surface area contributed by atoms with Crippen LogP contribution in [0.15, 0.2) is 36.8 Å². The third kappa shape index (κ3) is 2.86. The third-order valence-corrected chi connectivity index (χ3v) is 3.48. The summed E-state index contributed by atoms with van der Waals surface area (Å²) in [5, 5.41) is 3.24. The molecule has 0 fully saturated rings. The van der Waals surface area contributed by atoms with Crippen molar-refractivity contribution >= 4 is 17.1 Å². The Hall–Kier alpha value is -2.63. The number of hydrogen-bond acceptors (Lipinski definition) is 5. The van der Waals surface area contributed by atoms with E-state index in [2.05, 4.69) is 34.1 Å². The molecule has 2 heterocycles. The van der Waals surface area contributed by atoms with Gasteiger partial charge in [0.05, 0.1) is 19.6 Å². The Morgan fingerprint density at radius 2 is 1.95 bits per heavy atom. The molecule has 6 heteroatoms. The van der Waals surface area contributed by atoms with E-state index >= 15 is 0 Å². The van der Waals surface area contributed by atoms with Crippen LogP contribution in [0.25, 0.3) is 11.2 Å². The van der Waals surface area contributed by atoms with Crippen LogP contribution >= 0.6 is 0 Å². The van der Waals surface area contributed by atoms with E-state index < -0.39 is 0 Å². The van der Waals surface area contributed by atoms with Crippen molar-refractivity contribution in [3.05, 3.63) is 42.4 Å². The van der Waals surface area contributed by atoms with Gasteiger partial charge in [0.1, 0.15) is 11.3 Å². The van der Waals surface area contributed by atoms with Gasteiger partial charge in [0.2, 0.25) is 5.95 Å². The first kappa shape index (κ1) is 14.3. The summed E-state index contributed by atoms with van der Waals surface area (Å²) in [4.78, 5) is 13.2. The standard InChI is InChI=1S/C16H19N5O/c1-11(2)21-10-19-14-9-18-16(20-15(14)21)17-8-12-4-6-13(22-3)7-5-12/h4-7,9-11H,8H2,1-3H3,(H,17,18,20). The highest BCUT2D eigenvalue weighted by Gasteiger charge is 2.08. The number of nitrogens with zero attached hydrogens (tertiary/aromatic N) is 4. The Balaban J connectivity index is 1.76. The highest BCUT2D eigenvalue weighted by molar-refractivity contribution is 5.71. The summed E-state index contributed by atoms with van der Waals surface area (Å²) in [5.41, 5.74) is 2.80. The van der Waals surface area contributed by atoms with Crippen molar-refractivity contribution in [1.82, 2.24) is 19.5 Å². The molecule has 0 aliphatic carbocycles. The second-order valence-electron chi connectivity index (χ2n) is 5.35. The third-order valence-electron chi connectivity index (χ3n) is 3.48. The van der Waals surface area contributed by atoms with Crippen LogP contribution in [0, 0.1) is 0 Å². The molecule has 0 radical (unpaired) electrons. The molecule has 0 atom stereocenters. The SMILES string of the molecule is COc1ccc(CNc2ncc3ncn(C(C)C)c3n2)cc1. The minimum atomic E-state index is 0.314. The lowest BCUT2D eigenvalue weighted by Crippen LogP contribution is -2.05. The molecule has 0 amide bonds. The van der Waals surface area contributed by atoms with Gasteiger partial charge in [-0.25, -0.2) is 9.97 Å². The number of imidazole rings is 1. The van der Waals surface area contributed by atoms with E-state index in [-0.39, 0.29) is 0 Å². The minimum Gasteiger partial charge on any atom is -0.497 e. The highest BCUT2D eigenvalue weighted by Crippen LogP contribution is 2.17. The summed E-state index contributed by atoms with van der Waals surface area (Å²) in [5.74, 6) is 1.45. The van der Waals surface area contributed by atoms with E-state index in [0.29, 0.717) is 18.5 Å². The van der Waals surface area contributed by atoms with Gasteiger partial charge in [-0.3, -0.25) is 0 Å². The summed E-state index contributed by atoms with van der Waals surface area (Å²) < 4.78 is 7.19. The van der Waals surface area contributed by atoms with Crippen LogP contribution in [0.5, 0.6) is 5.75 Å². The van der Waals surface area contributed by atoms with Gasteiger partial charge in [-0.1, -0.05) is 12.1 Å². The number of anilines is 1. The Kier molecular flexibility index (Phi) is 3.91. The smallest absolute Gasteiger partial charge is 0.225 e. The molecule has 1 N–H and O–H groups in total. The van der Waals surface area contributed by atoms with Crippen LogP contribution in [-0.4, -0.2) is 26.6 Å². The molecular weight excluding hydrogens is 278 g/mol. The maximum Gasteiger partial charge on any atom is 0.225 e. The lowest BCUT2D eigenvalue weighted by molar-refractivity contribution is 0.414. The van der Waals surface area contributed by atoms with Gasteiger partial charge in [0, 0.05) is 12.6 Å². The molecule has 0 saturated carbocycles. The Bertz CT molecular complexity index is 764. The fourth-order valence-electron chi connectivity index (χ4n) is 2.21. The molecule has 0 saturated heterocycles. The van der Waals surface area contributed by atoms with Crippen molar-refractivity contribution in [2.75, 3.05) is 12.4 Å². The maximum atomic E-state index is 5.15. The Morgan fingerprint density at radius 1 is 1.18 bits per heavy atom. The molecule has 3 rings (SSSR count). The van der Waals surface area contributed by atoms with E-state index in [0.717, 1.165) is 22.5 Å². The number of aromatic nitrogens is 4. The summed E-state index contributed by atoms with van der Waals surface area (Å²) in [7, 11) is 1.66. The normalized spacial score (nSPS) is 11.1. The predicted molar refractivity (Wildman–Crippen MR) is 86.0 cm³/mol. The maximum absolute atomic E-state index is 5.15. The van der Waals surface area contributed by atoms with Crippen molar-refractivity contribution in [3.8, 4) is 5.75 Å². The Labute approximate surface area is 129 Å². The zero-order valence-electron chi connectivity index (χ0n) is 12.9. The molecule has 2 aromatic heterocycles. The molecule has 0 bridgehead atoms. The molecule has 3 aromatic rings. The molecule has 0 spiro atoms. The van der Waals surface area contributed by atoms with E-state index in [1.54, 1.807) is 19.6 Å². The van der Waals surface area contributed by atoms with Crippen molar-refractivity contribution in [1.29, 1.82) is 0 Å². The van der Waals surface area contributed by atoms with Crippen LogP contribution in [0.1, 0.15) is 25.5 Å². The first-order chi connectivity index (χ1) is 10.7. The largest absolute Gasteiger partial charge is 0.497 e. The van der Waals surface area contributed by atoms with Crippen molar-refractivity contribution in [2.24, 2.45) is 0 Å². The fraction of sp³-hybridized carbons (Fsp3) is 0.312. The fourth-order valence-corrected chi connectivity index (χ4v) is 2.21. The Morgan fingerprint density at radius 3 is 2.64 bits per heavy atom. The lowest BCUT2D eigenvalue weighted by atomic mass is 10.2. The topological polar surface area (TPSA) is 64.9 Å². The van der Waals surface area contributed by atoms with Gasteiger partial charge >= 0.3 is 0 Å². The second-order valence-corrected chi connectivity index (χ2v) is 5.35. The zero-order chi connectivity index (χ0) is 15.5. The van der Waals surface area contributed by atoms with Crippen LogP contribution in [0.2, 0.25) is 0 Å². The van der Waals surface area contributed by atoms with E-state index in [4.69, 9.17) is 4.74 Å². The minimum absolute atomic E-state index is 0.314. The predicted octanol–water partition coefficient (Wildman–Crippen LogP) is 3.03. The van der Waals surface area contributed by atoms with Gasteiger partial charge < -0.3 is 14.6 Å². The lowest BCUT2D eigenvalue weighted by Gasteiger charge is -2.09. The molecular formula is C16H19N5O. The van der Waals surface area contributed by atoms with Gasteiger partial charge in [-0.2, -0.15) is 4.98 Å². The van der Waals surface area contributed by atoms with Crippen LogP contribution in [-0.2, 0) is 6.54 Å². The zero-order valence-corrected chi connectivity index (χ0v) is 12.9. The average Bonchev–Trinajstić information content (AvgIpc) is 2.96. The van der Waals surface area contributed by atoms with Crippen molar-refractivity contribution in [3.63, 3.8) is 0 Å². The highest BCUT2D eigenvalue weighted by atomic mass is 16.5. The van der Waals surface area contributed by atoms with Crippen LogP contribution in [0.3, 0.4) is 0 Å². The van der Waals surface area contributed by atoms with Crippen LogP contribution < -0.4 is 10.1 Å². The monoisotopic (exact) mass is 297 g/mol. The number of methoxy groups -OCH3 is 1. The van der Waals surface area contributed by atoms with Gasteiger partial charge in [0.15, 0.2) is 5.65 Å². The first-order valence-corrected chi connectivity index (χ1v) is 7.24. The van der Waals surface area contributed by atoms with Gasteiger partial charge in [-0.05, 0) is 31.5 Å². The number of fused-ring (bicyclic) bond motifs is 1. The number of benzene rings is 1. The van der Waals surface area contributed by atoms with E-state index in [1.165, 1.54) is 0 Å². The van der Waals surface area contributed by atoms with E-state index in [9.17, 15) is 0 Å². The molecule has 0 aliphatic rings. The van der Waals surface area contributed by atoms with Gasteiger partial charge in [0.25, 0.3) is 0 Å². The quantitative estimate of drug-likeness (QED) is 0.784. The van der Waals surface area contributed by atoms with Crippen molar-refractivity contribution < 1.29 is 4.74 Å². The number of rotatable bonds is 5. The number of nitrogens with one attached hydrogen (secondary N) is 1. The summed E-state index contributed by atoms with van der Waals surface area (Å²) >= 11 is 0. The average molecular weight is 297 g/mol. The molecule has 0 unspecified atom stereocenters. The van der Waals surface area contributed by atoms with Crippen LogP contribution in [0.4, 0.5) is 5.95 Å². The number of ether oxygens (including phenoxy) is 1. The molecule has 0 aliphatic heterocycles. The van der Waals surface area contributed by atoms with Gasteiger partial charge in [-0.15, -0.1) is 0 Å². The summed E-state index contributed by atoms with van der Waals surface area (Å²) in [6.45, 7) is 4.87. The summed E-state index contributed by atoms with van der Waals surface area (Å²) in [6, 6.07) is 8.23. The summed E-state index contributed by atoms with van der Waals surface area (Å²) in [6.07, 6.45) is 3.55. The molecule has 22 heavy (non-hydrogen) atoms. The second kappa shape index (κ2) is 6.01. The van der Waals surface area contributed by atoms with E-state index in [1.807, 2.05) is 28.8 Å². The first-order valence-electron chi connectivity index (χ1n) is 7.24. The molecule has 1 aromatic carbocycles. The van der Waals surface area contributed by atoms with Crippen molar-refractivity contribution in [2.45, 2.75) is 26.4 Å². The molecule has 114 valence electrons.